The number of aliphatic carboxylic acids is 1. The second-order valence-electron chi connectivity index (χ2n) is 12.6. The molecule has 2 aliphatic rings. The molecule has 3 aromatic rings. The van der Waals surface area contributed by atoms with Crippen LogP contribution in [0.2, 0.25) is 0 Å². The number of hydrogen-bond acceptors (Lipinski definition) is 6. The third-order valence-corrected chi connectivity index (χ3v) is 9.06. The summed E-state index contributed by atoms with van der Waals surface area (Å²) >= 11 is 0. The van der Waals surface area contributed by atoms with Crippen LogP contribution in [0.4, 0.5) is 0 Å². The van der Waals surface area contributed by atoms with Crippen molar-refractivity contribution in [2.24, 2.45) is 0 Å². The zero-order valence-corrected chi connectivity index (χ0v) is 26.7. The van der Waals surface area contributed by atoms with Crippen molar-refractivity contribution in [1.29, 1.82) is 0 Å². The molecule has 0 spiro atoms. The maximum Gasteiger partial charge on any atom is 0.303 e. The number of amides is 1. The van der Waals surface area contributed by atoms with Gasteiger partial charge in [0.25, 0.3) is 0 Å². The second kappa shape index (κ2) is 17.4. The number of unbranched alkanes of at least 4 members (excludes halogenated alkanes) is 3. The van der Waals surface area contributed by atoms with Gasteiger partial charge in [-0.2, -0.15) is 0 Å². The molecule has 3 atom stereocenters. The van der Waals surface area contributed by atoms with Gasteiger partial charge in [-0.25, -0.2) is 0 Å². The molecule has 8 nitrogen and oxygen atoms in total. The highest BCUT2D eigenvalue weighted by molar-refractivity contribution is 5.76. The Hall–Kier alpha value is -3.56. The van der Waals surface area contributed by atoms with E-state index >= 15 is 0 Å². The summed E-state index contributed by atoms with van der Waals surface area (Å²) in [6.07, 6.45) is 7.74. The molecule has 246 valence electrons. The maximum atomic E-state index is 12.5. The summed E-state index contributed by atoms with van der Waals surface area (Å²) in [5.41, 5.74) is 6.13. The van der Waals surface area contributed by atoms with Crippen LogP contribution in [0.5, 0.6) is 0 Å². The summed E-state index contributed by atoms with van der Waals surface area (Å²) in [6.45, 7) is 3.59. The molecule has 0 aromatic heterocycles. The number of carbonyl (C=O) groups excluding carboxylic acids is 1. The fourth-order valence-electron chi connectivity index (χ4n) is 6.44. The number of carboxylic acid groups (broad SMARTS) is 1. The summed E-state index contributed by atoms with van der Waals surface area (Å²) in [5, 5.41) is 21.3. The molecule has 2 aliphatic heterocycles. The van der Waals surface area contributed by atoms with Crippen molar-refractivity contribution >= 4 is 11.9 Å². The monoisotopic (exact) mass is 628 g/mol. The molecule has 0 bridgehead atoms. The van der Waals surface area contributed by atoms with Crippen molar-refractivity contribution in [2.75, 3.05) is 19.6 Å². The maximum absolute atomic E-state index is 12.5. The van der Waals surface area contributed by atoms with Crippen LogP contribution in [0.15, 0.2) is 72.8 Å². The number of benzene rings is 3. The molecule has 46 heavy (non-hydrogen) atoms. The lowest BCUT2D eigenvalue weighted by atomic mass is 9.97. The van der Waals surface area contributed by atoms with E-state index in [4.69, 9.17) is 14.6 Å². The van der Waals surface area contributed by atoms with Gasteiger partial charge >= 0.3 is 5.97 Å². The van der Waals surface area contributed by atoms with E-state index in [0.717, 1.165) is 78.7 Å². The minimum atomic E-state index is -0.770. The van der Waals surface area contributed by atoms with E-state index in [1.165, 1.54) is 19.3 Å². The largest absolute Gasteiger partial charge is 0.481 e. The van der Waals surface area contributed by atoms with Gasteiger partial charge in [-0.1, -0.05) is 92.1 Å². The van der Waals surface area contributed by atoms with Gasteiger partial charge in [-0.3, -0.25) is 9.59 Å². The number of ether oxygens (including phenoxy) is 2. The SMILES string of the molecule is O=C(O)CCCCCCC(=O)NCc1ccccc1-c1ccc(C2OC(CN3CCCCC3)CC(c3ccc(CO)cc3)O2)cc1. The van der Waals surface area contributed by atoms with Crippen molar-refractivity contribution in [3.05, 3.63) is 95.1 Å². The van der Waals surface area contributed by atoms with Crippen LogP contribution in [-0.2, 0) is 32.2 Å². The van der Waals surface area contributed by atoms with Gasteiger partial charge in [0.1, 0.15) is 0 Å². The van der Waals surface area contributed by atoms with E-state index in [0.29, 0.717) is 19.4 Å². The molecule has 8 heteroatoms. The van der Waals surface area contributed by atoms with Crippen LogP contribution >= 0.6 is 0 Å². The van der Waals surface area contributed by atoms with Crippen LogP contribution in [-0.4, -0.2) is 52.7 Å². The van der Waals surface area contributed by atoms with Crippen molar-refractivity contribution in [3.63, 3.8) is 0 Å². The molecule has 3 aromatic carbocycles. The van der Waals surface area contributed by atoms with Crippen LogP contribution < -0.4 is 5.32 Å². The highest BCUT2D eigenvalue weighted by Gasteiger charge is 2.33. The normalized spacial score (nSPS) is 20.3. The average molecular weight is 629 g/mol. The Bertz CT molecular complexity index is 1390. The van der Waals surface area contributed by atoms with E-state index < -0.39 is 12.3 Å². The number of nitrogens with one attached hydrogen (secondary N) is 1. The molecule has 0 radical (unpaired) electrons. The number of likely N-dealkylation sites (tertiary alicyclic amines) is 1. The van der Waals surface area contributed by atoms with Gasteiger partial charge < -0.3 is 29.9 Å². The van der Waals surface area contributed by atoms with Crippen LogP contribution in [0.25, 0.3) is 11.1 Å². The Morgan fingerprint density at radius 3 is 2.22 bits per heavy atom. The van der Waals surface area contributed by atoms with Gasteiger partial charge in [0.15, 0.2) is 6.29 Å². The molecule has 3 unspecified atom stereocenters. The molecule has 2 heterocycles. The van der Waals surface area contributed by atoms with Gasteiger partial charge in [0.05, 0.1) is 18.8 Å². The highest BCUT2D eigenvalue weighted by Crippen LogP contribution is 2.39. The third-order valence-electron chi connectivity index (χ3n) is 9.06. The van der Waals surface area contributed by atoms with Gasteiger partial charge in [0.2, 0.25) is 5.91 Å². The molecule has 2 saturated heterocycles. The lowest BCUT2D eigenvalue weighted by Crippen LogP contribution is -2.41. The van der Waals surface area contributed by atoms with Crippen molar-refractivity contribution in [2.45, 2.75) is 95.9 Å². The summed E-state index contributed by atoms with van der Waals surface area (Å²) < 4.78 is 13.2. The number of aliphatic hydroxyl groups excluding tert-OH is 1. The standard InChI is InChI=1S/C38H48N2O6/c41-27-28-14-16-30(17-15-28)35-24-33(26-40-22-8-3-9-23-40)45-38(46-35)31-20-18-29(19-21-31)34-11-7-6-10-32(34)25-39-36(42)12-4-1-2-5-13-37(43)44/h6-7,10-11,14-21,33,35,38,41H,1-5,8-9,12-13,22-27H2,(H,39,42)(H,43,44). The molecule has 0 aliphatic carbocycles. The first kappa shape index (κ1) is 33.8. The fourth-order valence-corrected chi connectivity index (χ4v) is 6.44. The third kappa shape index (κ3) is 9.97. The number of aliphatic hydroxyl groups is 1. The van der Waals surface area contributed by atoms with E-state index in [2.05, 4.69) is 52.7 Å². The Morgan fingerprint density at radius 1 is 0.804 bits per heavy atom. The Kier molecular flexibility index (Phi) is 12.8. The van der Waals surface area contributed by atoms with Gasteiger partial charge in [-0.15, -0.1) is 0 Å². The van der Waals surface area contributed by atoms with E-state index in [-0.39, 0.29) is 31.1 Å². The first-order valence-corrected chi connectivity index (χ1v) is 16.9. The fraction of sp³-hybridized carbons (Fsp3) is 0.474. The van der Waals surface area contributed by atoms with E-state index in [1.807, 2.05) is 30.3 Å². The summed E-state index contributed by atoms with van der Waals surface area (Å²) in [7, 11) is 0. The lowest BCUT2D eigenvalue weighted by molar-refractivity contribution is -0.253. The molecular weight excluding hydrogens is 580 g/mol. The Balaban J connectivity index is 1.22. The van der Waals surface area contributed by atoms with Gasteiger partial charge in [0, 0.05) is 37.9 Å². The molecular formula is C38H48N2O6. The lowest BCUT2D eigenvalue weighted by Gasteiger charge is -2.39. The predicted octanol–water partition coefficient (Wildman–Crippen LogP) is 6.92. The van der Waals surface area contributed by atoms with Crippen LogP contribution in [0.1, 0.15) is 98.9 Å². The van der Waals surface area contributed by atoms with Crippen LogP contribution in [0, 0.1) is 0 Å². The van der Waals surface area contributed by atoms with Crippen molar-refractivity contribution in [3.8, 4) is 11.1 Å². The van der Waals surface area contributed by atoms with Crippen LogP contribution in [0.3, 0.4) is 0 Å². The second-order valence-corrected chi connectivity index (χ2v) is 12.6. The van der Waals surface area contributed by atoms with E-state index in [9.17, 15) is 14.7 Å². The number of carbonyl (C=O) groups is 2. The minimum absolute atomic E-state index is 0.00893. The quantitative estimate of drug-likeness (QED) is 0.157. The minimum Gasteiger partial charge on any atom is -0.481 e. The number of hydrogen-bond donors (Lipinski definition) is 3. The summed E-state index contributed by atoms with van der Waals surface area (Å²) in [6, 6.07) is 24.5. The predicted molar refractivity (Wildman–Crippen MR) is 178 cm³/mol. The number of rotatable bonds is 15. The van der Waals surface area contributed by atoms with Crippen molar-refractivity contribution in [1.82, 2.24) is 10.2 Å². The first-order chi connectivity index (χ1) is 22.5. The topological polar surface area (TPSA) is 108 Å². The molecule has 5 rings (SSSR count). The zero-order chi connectivity index (χ0) is 32.1. The molecule has 1 amide bonds. The Morgan fingerprint density at radius 2 is 1.50 bits per heavy atom. The molecule has 3 N–H and O–H groups in total. The molecule has 2 fully saturated rings. The smallest absolute Gasteiger partial charge is 0.303 e. The van der Waals surface area contributed by atoms with Crippen molar-refractivity contribution < 1.29 is 29.3 Å². The van der Waals surface area contributed by atoms with Gasteiger partial charge in [-0.05, 0) is 66.6 Å². The number of piperidine rings is 1. The summed E-state index contributed by atoms with van der Waals surface area (Å²) in [4.78, 5) is 25.7. The highest BCUT2D eigenvalue weighted by atomic mass is 16.7. The summed E-state index contributed by atoms with van der Waals surface area (Å²) in [5.74, 6) is -0.761. The number of nitrogens with zero attached hydrogens (tertiary/aromatic N) is 1. The van der Waals surface area contributed by atoms with E-state index in [1.54, 1.807) is 0 Å². The first-order valence-electron chi connectivity index (χ1n) is 16.9. The average Bonchev–Trinajstić information content (AvgIpc) is 3.09. The zero-order valence-electron chi connectivity index (χ0n) is 26.7. The Labute approximate surface area is 272 Å². The molecule has 0 saturated carbocycles. The number of carboxylic acids is 1.